The van der Waals surface area contributed by atoms with Crippen LogP contribution in [0.3, 0.4) is 0 Å². The molecule has 1 N–H and O–H groups in total. The first-order valence-corrected chi connectivity index (χ1v) is 8.20. The summed E-state index contributed by atoms with van der Waals surface area (Å²) >= 11 is 0. The maximum absolute atomic E-state index is 12.4. The summed E-state index contributed by atoms with van der Waals surface area (Å²) in [5.74, 6) is 1.32. The zero-order valence-corrected chi connectivity index (χ0v) is 14.1. The number of ether oxygens (including phenoxy) is 1. The Morgan fingerprint density at radius 3 is 2.96 bits per heavy atom. The maximum Gasteiger partial charge on any atom is 0.251 e. The lowest BCUT2D eigenvalue weighted by Crippen LogP contribution is -2.23. The fourth-order valence-electron chi connectivity index (χ4n) is 2.35. The van der Waals surface area contributed by atoms with E-state index in [0.29, 0.717) is 24.5 Å². The Morgan fingerprint density at radius 2 is 2.16 bits per heavy atom. The Bertz CT molecular complexity index is 831. The molecule has 3 rings (SSSR count). The topological polar surface area (TPSA) is 69.0 Å². The zero-order valence-electron chi connectivity index (χ0n) is 14.1. The van der Waals surface area contributed by atoms with Crippen LogP contribution in [0.1, 0.15) is 29.3 Å². The summed E-state index contributed by atoms with van der Waals surface area (Å²) in [7, 11) is 0. The van der Waals surface area contributed by atoms with Gasteiger partial charge in [-0.15, -0.1) is 0 Å². The van der Waals surface area contributed by atoms with E-state index in [1.807, 2.05) is 24.3 Å². The van der Waals surface area contributed by atoms with E-state index in [1.165, 1.54) is 0 Å². The van der Waals surface area contributed by atoms with Gasteiger partial charge in [0.1, 0.15) is 17.9 Å². The molecular weight excluding hydrogens is 316 g/mol. The lowest BCUT2D eigenvalue weighted by Gasteiger charge is -2.09. The molecule has 0 spiro atoms. The number of nitrogens with one attached hydrogen (secondary N) is 1. The summed E-state index contributed by atoms with van der Waals surface area (Å²) in [6.45, 7) is 3.19. The number of hydrogen-bond donors (Lipinski definition) is 1. The molecule has 0 radical (unpaired) electrons. The fraction of sp³-hybridized carbons (Fsp3) is 0.211. The molecule has 25 heavy (non-hydrogen) atoms. The summed E-state index contributed by atoms with van der Waals surface area (Å²) in [6.07, 6.45) is 7.67. The van der Waals surface area contributed by atoms with Gasteiger partial charge in [-0.05, 0) is 36.2 Å². The molecule has 0 aliphatic heterocycles. The van der Waals surface area contributed by atoms with Gasteiger partial charge in [-0.2, -0.15) is 0 Å². The maximum atomic E-state index is 12.4. The van der Waals surface area contributed by atoms with Crippen LogP contribution in [0.15, 0.2) is 61.3 Å². The predicted molar refractivity (Wildman–Crippen MR) is 94.8 cm³/mol. The van der Waals surface area contributed by atoms with Crippen molar-refractivity contribution in [2.45, 2.75) is 19.9 Å². The van der Waals surface area contributed by atoms with E-state index in [4.69, 9.17) is 4.74 Å². The molecule has 3 aromatic rings. The molecule has 2 aromatic heterocycles. The van der Waals surface area contributed by atoms with Gasteiger partial charge in [-0.1, -0.05) is 19.1 Å². The summed E-state index contributed by atoms with van der Waals surface area (Å²) in [5.41, 5.74) is 1.54. The number of rotatable bonds is 7. The summed E-state index contributed by atoms with van der Waals surface area (Å²) in [4.78, 5) is 20.6. The van der Waals surface area contributed by atoms with Gasteiger partial charge in [-0.25, -0.2) is 9.97 Å². The van der Waals surface area contributed by atoms with Gasteiger partial charge >= 0.3 is 0 Å². The molecule has 2 heterocycles. The zero-order chi connectivity index (χ0) is 17.5. The number of amides is 1. The Balaban J connectivity index is 1.64. The highest BCUT2D eigenvalue weighted by molar-refractivity contribution is 5.94. The molecule has 0 bridgehead atoms. The highest BCUT2D eigenvalue weighted by Crippen LogP contribution is 2.14. The van der Waals surface area contributed by atoms with E-state index in [-0.39, 0.29) is 5.91 Å². The molecule has 0 fully saturated rings. The molecule has 0 saturated heterocycles. The molecule has 0 unspecified atom stereocenters. The highest BCUT2D eigenvalue weighted by atomic mass is 16.5. The summed E-state index contributed by atoms with van der Waals surface area (Å²) in [6, 6.07) is 11.2. The van der Waals surface area contributed by atoms with Crippen molar-refractivity contribution < 1.29 is 9.53 Å². The number of imidazole rings is 1. The summed E-state index contributed by atoms with van der Waals surface area (Å²) in [5, 5.41) is 2.92. The van der Waals surface area contributed by atoms with E-state index in [0.717, 1.165) is 17.7 Å². The lowest BCUT2D eigenvalue weighted by molar-refractivity contribution is 0.0950. The number of hydrogen-bond acceptors (Lipinski definition) is 4. The molecule has 0 atom stereocenters. The van der Waals surface area contributed by atoms with Gasteiger partial charge < -0.3 is 10.1 Å². The van der Waals surface area contributed by atoms with Gasteiger partial charge in [-0.3, -0.25) is 9.36 Å². The van der Waals surface area contributed by atoms with Crippen LogP contribution < -0.4 is 10.1 Å². The van der Waals surface area contributed by atoms with Crippen LogP contribution in [0.5, 0.6) is 5.75 Å². The monoisotopic (exact) mass is 336 g/mol. The van der Waals surface area contributed by atoms with Gasteiger partial charge in [0.25, 0.3) is 5.91 Å². The van der Waals surface area contributed by atoms with Gasteiger partial charge in [0.15, 0.2) is 0 Å². The first kappa shape index (κ1) is 16.7. The molecule has 6 nitrogen and oxygen atoms in total. The van der Waals surface area contributed by atoms with Crippen molar-refractivity contribution in [3.63, 3.8) is 0 Å². The lowest BCUT2D eigenvalue weighted by atomic mass is 10.2. The van der Waals surface area contributed by atoms with Crippen molar-refractivity contribution in [1.82, 2.24) is 19.9 Å². The average molecular weight is 336 g/mol. The second-order valence-corrected chi connectivity index (χ2v) is 5.55. The van der Waals surface area contributed by atoms with Crippen LogP contribution in [-0.4, -0.2) is 27.0 Å². The second kappa shape index (κ2) is 8.10. The van der Waals surface area contributed by atoms with Crippen LogP contribution in [0.2, 0.25) is 0 Å². The van der Waals surface area contributed by atoms with Crippen molar-refractivity contribution in [1.29, 1.82) is 0 Å². The Kier molecular flexibility index (Phi) is 5.41. The fourth-order valence-corrected chi connectivity index (χ4v) is 2.35. The smallest absolute Gasteiger partial charge is 0.251 e. The molecule has 0 saturated carbocycles. The second-order valence-electron chi connectivity index (χ2n) is 5.55. The molecule has 6 heteroatoms. The van der Waals surface area contributed by atoms with E-state index < -0.39 is 0 Å². The molecule has 1 aromatic carbocycles. The highest BCUT2D eigenvalue weighted by Gasteiger charge is 2.08. The van der Waals surface area contributed by atoms with Crippen molar-refractivity contribution in [3.05, 3.63) is 72.4 Å². The SMILES string of the molecule is CCCOc1cccc(CNC(=O)c2ccnc(-n3ccnc3)c2)c1. The van der Waals surface area contributed by atoms with Crippen molar-refractivity contribution in [2.75, 3.05) is 6.61 Å². The molecular formula is C19H20N4O2. The minimum absolute atomic E-state index is 0.149. The Labute approximate surface area is 146 Å². The third kappa shape index (κ3) is 4.44. The van der Waals surface area contributed by atoms with Crippen LogP contribution >= 0.6 is 0 Å². The number of pyridine rings is 1. The standard InChI is InChI=1S/C19H20N4O2/c1-2-10-25-17-5-3-4-15(11-17)13-22-19(24)16-6-7-21-18(12-16)23-9-8-20-14-23/h3-9,11-12,14H,2,10,13H2,1H3,(H,22,24). The van der Waals surface area contributed by atoms with E-state index >= 15 is 0 Å². The Hall–Kier alpha value is -3.15. The minimum atomic E-state index is -0.149. The first-order valence-electron chi connectivity index (χ1n) is 8.20. The van der Waals surface area contributed by atoms with E-state index in [9.17, 15) is 4.79 Å². The van der Waals surface area contributed by atoms with Gasteiger partial charge in [0.05, 0.1) is 6.61 Å². The predicted octanol–water partition coefficient (Wildman–Crippen LogP) is 2.99. The first-order chi connectivity index (χ1) is 12.3. The number of carbonyl (C=O) groups is 1. The molecule has 1 amide bonds. The van der Waals surface area contributed by atoms with Crippen LogP contribution in [0.25, 0.3) is 5.82 Å². The van der Waals surface area contributed by atoms with Crippen molar-refractivity contribution in [3.8, 4) is 11.6 Å². The third-order valence-electron chi connectivity index (χ3n) is 3.60. The largest absolute Gasteiger partial charge is 0.494 e. The minimum Gasteiger partial charge on any atom is -0.494 e. The quantitative estimate of drug-likeness (QED) is 0.720. The number of nitrogens with zero attached hydrogens (tertiary/aromatic N) is 3. The average Bonchev–Trinajstić information content (AvgIpc) is 3.20. The van der Waals surface area contributed by atoms with Crippen molar-refractivity contribution in [2.24, 2.45) is 0 Å². The van der Waals surface area contributed by atoms with Crippen LogP contribution in [0.4, 0.5) is 0 Å². The summed E-state index contributed by atoms with van der Waals surface area (Å²) < 4.78 is 7.37. The number of aromatic nitrogens is 3. The van der Waals surface area contributed by atoms with Gasteiger partial charge in [0, 0.05) is 30.7 Å². The third-order valence-corrected chi connectivity index (χ3v) is 3.60. The molecule has 128 valence electrons. The molecule has 0 aliphatic carbocycles. The van der Waals surface area contributed by atoms with E-state index in [2.05, 4.69) is 22.2 Å². The van der Waals surface area contributed by atoms with Gasteiger partial charge in [0.2, 0.25) is 0 Å². The number of benzene rings is 1. The Morgan fingerprint density at radius 1 is 1.24 bits per heavy atom. The van der Waals surface area contributed by atoms with Crippen molar-refractivity contribution >= 4 is 5.91 Å². The molecule has 0 aliphatic rings. The van der Waals surface area contributed by atoms with Crippen LogP contribution in [-0.2, 0) is 6.54 Å². The van der Waals surface area contributed by atoms with Crippen LogP contribution in [0, 0.1) is 0 Å². The van der Waals surface area contributed by atoms with E-state index in [1.54, 1.807) is 41.6 Å². The number of carbonyl (C=O) groups excluding carboxylic acids is 1. The normalized spacial score (nSPS) is 10.4.